The molecule has 1 N–H and O–H groups in total. The van der Waals surface area contributed by atoms with Crippen LogP contribution in [0, 0.1) is 13.8 Å². The Kier molecular flexibility index (Phi) is 4.81. The Morgan fingerprint density at radius 3 is 2.71 bits per heavy atom. The van der Waals surface area contributed by atoms with E-state index >= 15 is 0 Å². The molecule has 0 saturated carbocycles. The van der Waals surface area contributed by atoms with Gasteiger partial charge in [0.2, 0.25) is 0 Å². The van der Waals surface area contributed by atoms with Crippen LogP contribution in [0.2, 0.25) is 0 Å². The van der Waals surface area contributed by atoms with Gasteiger partial charge in [0.1, 0.15) is 11.6 Å². The van der Waals surface area contributed by atoms with Crippen LogP contribution in [0.5, 0.6) is 0 Å². The third kappa shape index (κ3) is 3.47. The van der Waals surface area contributed by atoms with Crippen molar-refractivity contribution in [2.75, 3.05) is 0 Å². The van der Waals surface area contributed by atoms with Crippen LogP contribution in [0.25, 0.3) is 11.4 Å². The highest BCUT2D eigenvalue weighted by Gasteiger charge is 2.24. The Bertz CT molecular complexity index is 1040. The molecule has 1 aliphatic rings. The number of nitrogens with one attached hydrogen (secondary N) is 1. The second kappa shape index (κ2) is 7.42. The lowest BCUT2D eigenvalue weighted by molar-refractivity contribution is 0.0928. The molecule has 1 aliphatic heterocycles. The molecule has 144 valence electrons. The number of nitrogens with zero attached hydrogens (tertiary/aromatic N) is 3. The Hall–Kier alpha value is -3.22. The van der Waals surface area contributed by atoms with Gasteiger partial charge in [-0.25, -0.2) is 4.79 Å². The molecule has 0 radical (unpaired) electrons. The summed E-state index contributed by atoms with van der Waals surface area (Å²) in [6, 6.07) is 11.4. The van der Waals surface area contributed by atoms with Crippen molar-refractivity contribution in [2.24, 2.45) is 0 Å². The number of aryl methyl sites for hydroxylation is 3. The van der Waals surface area contributed by atoms with Gasteiger partial charge in [0.05, 0.1) is 5.56 Å². The van der Waals surface area contributed by atoms with Gasteiger partial charge in [0.15, 0.2) is 5.82 Å². The zero-order valence-electron chi connectivity index (χ0n) is 15.9. The number of carbonyl (C=O) groups excluding carboxylic acids is 1. The van der Waals surface area contributed by atoms with Crippen LogP contribution in [0.3, 0.4) is 0 Å². The summed E-state index contributed by atoms with van der Waals surface area (Å²) < 4.78 is 7.23. The van der Waals surface area contributed by atoms with Crippen molar-refractivity contribution < 1.29 is 9.21 Å². The second-order valence-electron chi connectivity index (χ2n) is 7.13. The van der Waals surface area contributed by atoms with Gasteiger partial charge < -0.3 is 14.3 Å². The number of hydrogen-bond acceptors (Lipinski definition) is 5. The Balaban J connectivity index is 1.50. The van der Waals surface area contributed by atoms with Gasteiger partial charge in [-0.3, -0.25) is 4.79 Å². The van der Waals surface area contributed by atoms with Crippen LogP contribution in [-0.2, 0) is 13.0 Å². The number of amides is 1. The van der Waals surface area contributed by atoms with Crippen LogP contribution in [-0.4, -0.2) is 26.7 Å². The van der Waals surface area contributed by atoms with Gasteiger partial charge in [0, 0.05) is 30.6 Å². The minimum absolute atomic E-state index is 0.0172. The Labute approximate surface area is 162 Å². The molecule has 0 spiro atoms. The SMILES string of the molecule is Cc1cc(=O)oc(C)c1C(=O)NC1CCc2nnc(-c3ccccc3)n2CC1. The van der Waals surface area contributed by atoms with E-state index in [0.29, 0.717) is 16.9 Å². The van der Waals surface area contributed by atoms with E-state index in [1.165, 1.54) is 6.07 Å². The summed E-state index contributed by atoms with van der Waals surface area (Å²) in [6.45, 7) is 4.13. The van der Waals surface area contributed by atoms with Crippen LogP contribution < -0.4 is 10.9 Å². The third-order valence-electron chi connectivity index (χ3n) is 5.17. The Morgan fingerprint density at radius 1 is 1.18 bits per heavy atom. The first-order valence-electron chi connectivity index (χ1n) is 9.42. The number of aromatic nitrogens is 3. The van der Waals surface area contributed by atoms with E-state index < -0.39 is 5.63 Å². The standard InChI is InChI=1S/C21H22N4O3/c1-13-12-18(26)28-14(2)19(13)21(27)22-16-8-9-17-23-24-20(25(17)11-10-16)15-6-4-3-5-7-15/h3-7,12,16H,8-11H2,1-2H3,(H,22,27). The predicted molar refractivity (Wildman–Crippen MR) is 104 cm³/mol. The molecule has 0 saturated heterocycles. The summed E-state index contributed by atoms with van der Waals surface area (Å²) in [5.74, 6) is 1.94. The fourth-order valence-electron chi connectivity index (χ4n) is 3.79. The van der Waals surface area contributed by atoms with Gasteiger partial charge in [-0.15, -0.1) is 10.2 Å². The van der Waals surface area contributed by atoms with E-state index in [1.807, 2.05) is 30.3 Å². The minimum Gasteiger partial charge on any atom is -0.427 e. The maximum Gasteiger partial charge on any atom is 0.336 e. The van der Waals surface area contributed by atoms with Crippen molar-refractivity contribution in [1.29, 1.82) is 0 Å². The monoisotopic (exact) mass is 378 g/mol. The fourth-order valence-corrected chi connectivity index (χ4v) is 3.79. The lowest BCUT2D eigenvalue weighted by atomic mass is 10.1. The number of fused-ring (bicyclic) bond motifs is 1. The molecule has 0 bridgehead atoms. The number of rotatable bonds is 3. The first-order valence-corrected chi connectivity index (χ1v) is 9.42. The average molecular weight is 378 g/mol. The Morgan fingerprint density at radius 2 is 1.96 bits per heavy atom. The zero-order valence-corrected chi connectivity index (χ0v) is 15.9. The molecule has 1 unspecified atom stereocenters. The molecule has 1 aromatic carbocycles. The summed E-state index contributed by atoms with van der Waals surface area (Å²) in [4.78, 5) is 24.2. The summed E-state index contributed by atoms with van der Waals surface area (Å²) in [5, 5.41) is 11.8. The molecule has 2 aromatic heterocycles. The smallest absolute Gasteiger partial charge is 0.336 e. The third-order valence-corrected chi connectivity index (χ3v) is 5.17. The van der Waals surface area contributed by atoms with Gasteiger partial charge in [-0.05, 0) is 32.3 Å². The van der Waals surface area contributed by atoms with Crippen LogP contribution in [0.15, 0.2) is 45.6 Å². The quantitative estimate of drug-likeness (QED) is 0.757. The van der Waals surface area contributed by atoms with Gasteiger partial charge in [0.25, 0.3) is 5.91 Å². The predicted octanol–water partition coefficient (Wildman–Crippen LogP) is 2.65. The molecular formula is C21H22N4O3. The summed E-state index contributed by atoms with van der Waals surface area (Å²) in [6.07, 6.45) is 2.31. The molecule has 3 heterocycles. The van der Waals surface area contributed by atoms with Crippen LogP contribution in [0.4, 0.5) is 0 Å². The first-order chi connectivity index (χ1) is 13.5. The normalized spacial score (nSPS) is 16.3. The number of benzene rings is 1. The van der Waals surface area contributed by atoms with Crippen molar-refractivity contribution in [3.63, 3.8) is 0 Å². The van der Waals surface area contributed by atoms with Crippen molar-refractivity contribution in [2.45, 2.75) is 45.7 Å². The lowest BCUT2D eigenvalue weighted by Crippen LogP contribution is -2.36. The highest BCUT2D eigenvalue weighted by atomic mass is 16.4. The van der Waals surface area contributed by atoms with E-state index in [2.05, 4.69) is 20.1 Å². The van der Waals surface area contributed by atoms with Gasteiger partial charge in [-0.1, -0.05) is 30.3 Å². The zero-order chi connectivity index (χ0) is 19.7. The molecule has 1 amide bonds. The highest BCUT2D eigenvalue weighted by Crippen LogP contribution is 2.23. The largest absolute Gasteiger partial charge is 0.427 e. The molecule has 1 atom stereocenters. The molecule has 4 rings (SSSR count). The van der Waals surface area contributed by atoms with Gasteiger partial charge in [-0.2, -0.15) is 0 Å². The summed E-state index contributed by atoms with van der Waals surface area (Å²) in [5.41, 5.74) is 1.67. The maximum absolute atomic E-state index is 12.8. The molecule has 3 aromatic rings. The van der Waals surface area contributed by atoms with Crippen molar-refractivity contribution in [3.05, 3.63) is 69.5 Å². The van der Waals surface area contributed by atoms with E-state index in [-0.39, 0.29) is 11.9 Å². The average Bonchev–Trinajstić information content (AvgIpc) is 2.96. The number of carbonyl (C=O) groups is 1. The van der Waals surface area contributed by atoms with Crippen molar-refractivity contribution in [1.82, 2.24) is 20.1 Å². The molecule has 7 heteroatoms. The maximum atomic E-state index is 12.8. The molecule has 28 heavy (non-hydrogen) atoms. The van der Waals surface area contributed by atoms with Gasteiger partial charge >= 0.3 is 5.63 Å². The van der Waals surface area contributed by atoms with E-state index in [9.17, 15) is 9.59 Å². The first kappa shape index (κ1) is 18.2. The van der Waals surface area contributed by atoms with Crippen LogP contribution in [0.1, 0.15) is 40.3 Å². The van der Waals surface area contributed by atoms with E-state index in [1.54, 1.807) is 13.8 Å². The molecule has 0 fully saturated rings. The van der Waals surface area contributed by atoms with E-state index in [0.717, 1.165) is 43.0 Å². The van der Waals surface area contributed by atoms with Crippen LogP contribution >= 0.6 is 0 Å². The molecular weight excluding hydrogens is 356 g/mol. The summed E-state index contributed by atoms with van der Waals surface area (Å²) >= 11 is 0. The molecule has 7 nitrogen and oxygen atoms in total. The van der Waals surface area contributed by atoms with Crippen molar-refractivity contribution >= 4 is 5.91 Å². The van der Waals surface area contributed by atoms with Crippen molar-refractivity contribution in [3.8, 4) is 11.4 Å². The number of hydrogen-bond donors (Lipinski definition) is 1. The molecule has 0 aliphatic carbocycles. The second-order valence-corrected chi connectivity index (χ2v) is 7.13. The summed E-state index contributed by atoms with van der Waals surface area (Å²) in [7, 11) is 0. The highest BCUT2D eigenvalue weighted by molar-refractivity contribution is 5.96. The van der Waals surface area contributed by atoms with E-state index in [4.69, 9.17) is 4.42 Å². The topological polar surface area (TPSA) is 90.0 Å². The lowest BCUT2D eigenvalue weighted by Gasteiger charge is -2.17. The minimum atomic E-state index is -0.438. The fraction of sp³-hybridized carbons (Fsp3) is 0.333.